The van der Waals surface area contributed by atoms with Gasteiger partial charge in [-0.15, -0.1) is 11.8 Å². The largest absolute Gasteiger partial charge is 0.466 e. The molecule has 1 fully saturated rings. The van der Waals surface area contributed by atoms with E-state index in [0.29, 0.717) is 0 Å². The number of furan rings is 1. The first-order valence-electron chi connectivity index (χ1n) is 6.28. The Hall–Kier alpha value is -1.68. The lowest BCUT2D eigenvalue weighted by Crippen LogP contribution is -2.30. The molecule has 19 heavy (non-hydrogen) atoms. The molecule has 1 aromatic heterocycles. The highest BCUT2D eigenvalue weighted by molar-refractivity contribution is 7.99. The van der Waals surface area contributed by atoms with Crippen molar-refractivity contribution in [2.45, 2.75) is 12.3 Å². The summed E-state index contributed by atoms with van der Waals surface area (Å²) in [7, 11) is 0. The molecule has 3 nitrogen and oxygen atoms in total. The maximum atomic E-state index is 12.5. The minimum atomic E-state index is 0.00352. The van der Waals surface area contributed by atoms with Crippen molar-refractivity contribution in [3.63, 3.8) is 0 Å². The number of benzene rings is 1. The van der Waals surface area contributed by atoms with E-state index >= 15 is 0 Å². The molecule has 2 aromatic rings. The highest BCUT2D eigenvalue weighted by Gasteiger charge is 2.32. The van der Waals surface area contributed by atoms with Crippen LogP contribution in [0.25, 0.3) is 0 Å². The highest BCUT2D eigenvalue weighted by Crippen LogP contribution is 2.38. The second-order valence-corrected chi connectivity index (χ2v) is 5.79. The van der Waals surface area contributed by atoms with Crippen molar-refractivity contribution in [1.82, 2.24) is 4.90 Å². The van der Waals surface area contributed by atoms with E-state index in [-0.39, 0.29) is 11.3 Å². The molecule has 98 valence electrons. The molecule has 1 atom stereocenters. The Morgan fingerprint density at radius 3 is 2.79 bits per heavy atom. The van der Waals surface area contributed by atoms with Gasteiger partial charge in [0.1, 0.15) is 11.1 Å². The summed E-state index contributed by atoms with van der Waals surface area (Å²) >= 11 is 1.75. The fourth-order valence-corrected chi connectivity index (χ4v) is 3.41. The van der Waals surface area contributed by atoms with Gasteiger partial charge in [0, 0.05) is 17.9 Å². The molecule has 1 aromatic carbocycles. The van der Waals surface area contributed by atoms with Gasteiger partial charge in [0.05, 0.1) is 6.26 Å². The number of amides is 1. The summed E-state index contributed by atoms with van der Waals surface area (Å²) in [5.74, 6) is 1.87. The summed E-state index contributed by atoms with van der Waals surface area (Å²) < 4.78 is 5.44. The molecule has 0 radical (unpaired) electrons. The third-order valence-corrected chi connectivity index (χ3v) is 4.46. The van der Waals surface area contributed by atoms with Crippen LogP contribution in [-0.2, 0) is 0 Å². The standard InChI is InChI=1S/C15H15NO2S/c1-11-4-6-12(7-5-11)14(17)16-8-10-19-15(16)13-3-2-9-18-13/h2-7,9,15H,8,10H2,1H3. The summed E-state index contributed by atoms with van der Waals surface area (Å²) in [4.78, 5) is 14.4. The van der Waals surface area contributed by atoms with Crippen molar-refractivity contribution in [3.05, 3.63) is 59.5 Å². The highest BCUT2D eigenvalue weighted by atomic mass is 32.2. The van der Waals surface area contributed by atoms with E-state index in [9.17, 15) is 4.79 Å². The molecule has 1 aliphatic rings. The molecule has 1 saturated heterocycles. The smallest absolute Gasteiger partial charge is 0.255 e. The van der Waals surface area contributed by atoms with Gasteiger partial charge in [-0.2, -0.15) is 0 Å². The average Bonchev–Trinajstić information content (AvgIpc) is 3.09. The van der Waals surface area contributed by atoms with Crippen molar-refractivity contribution < 1.29 is 9.21 Å². The molecule has 0 aliphatic carbocycles. The lowest BCUT2D eigenvalue weighted by molar-refractivity contribution is 0.0749. The number of rotatable bonds is 2. The van der Waals surface area contributed by atoms with Crippen molar-refractivity contribution in [1.29, 1.82) is 0 Å². The second-order valence-electron chi connectivity index (χ2n) is 4.60. The number of carbonyl (C=O) groups is 1. The van der Waals surface area contributed by atoms with E-state index in [0.717, 1.165) is 29.2 Å². The fourth-order valence-electron chi connectivity index (χ4n) is 2.21. The number of hydrogen-bond acceptors (Lipinski definition) is 3. The van der Waals surface area contributed by atoms with Gasteiger partial charge in [0.25, 0.3) is 5.91 Å². The molecule has 0 bridgehead atoms. The molecule has 1 amide bonds. The molecule has 2 heterocycles. The topological polar surface area (TPSA) is 33.5 Å². The van der Waals surface area contributed by atoms with Gasteiger partial charge < -0.3 is 9.32 Å². The van der Waals surface area contributed by atoms with Crippen LogP contribution in [0.1, 0.15) is 27.1 Å². The zero-order valence-electron chi connectivity index (χ0n) is 10.7. The SMILES string of the molecule is Cc1ccc(C(=O)N2CCSC2c2ccco2)cc1. The van der Waals surface area contributed by atoms with Crippen LogP contribution < -0.4 is 0 Å². The van der Waals surface area contributed by atoms with Gasteiger partial charge >= 0.3 is 0 Å². The molecule has 0 N–H and O–H groups in total. The lowest BCUT2D eigenvalue weighted by Gasteiger charge is -2.22. The molecule has 0 saturated carbocycles. The first kappa shape index (κ1) is 12.4. The predicted molar refractivity (Wildman–Crippen MR) is 76.1 cm³/mol. The van der Waals surface area contributed by atoms with E-state index in [2.05, 4.69) is 0 Å². The maximum absolute atomic E-state index is 12.5. The third-order valence-electron chi connectivity index (χ3n) is 3.24. The van der Waals surface area contributed by atoms with E-state index < -0.39 is 0 Å². The van der Waals surface area contributed by atoms with Gasteiger partial charge in [-0.25, -0.2) is 0 Å². The second kappa shape index (κ2) is 5.13. The zero-order chi connectivity index (χ0) is 13.2. The van der Waals surface area contributed by atoms with Crippen LogP contribution in [0.15, 0.2) is 47.1 Å². The summed E-state index contributed by atoms with van der Waals surface area (Å²) in [6.07, 6.45) is 1.66. The van der Waals surface area contributed by atoms with Crippen LogP contribution in [0.3, 0.4) is 0 Å². The Morgan fingerprint density at radius 1 is 1.32 bits per heavy atom. The van der Waals surface area contributed by atoms with Crippen LogP contribution in [0.5, 0.6) is 0 Å². The van der Waals surface area contributed by atoms with Gasteiger partial charge in [-0.05, 0) is 31.2 Å². The van der Waals surface area contributed by atoms with Crippen molar-refractivity contribution in [2.75, 3.05) is 12.3 Å². The van der Waals surface area contributed by atoms with Crippen molar-refractivity contribution in [3.8, 4) is 0 Å². The Kier molecular flexibility index (Phi) is 3.34. The normalized spacial score (nSPS) is 18.8. The van der Waals surface area contributed by atoms with Crippen LogP contribution in [0, 0.1) is 6.92 Å². The van der Waals surface area contributed by atoms with E-state index in [1.807, 2.05) is 48.2 Å². The Labute approximate surface area is 116 Å². The van der Waals surface area contributed by atoms with Gasteiger partial charge in [-0.1, -0.05) is 17.7 Å². The number of nitrogens with zero attached hydrogens (tertiary/aromatic N) is 1. The van der Waals surface area contributed by atoms with Gasteiger partial charge in [-0.3, -0.25) is 4.79 Å². The summed E-state index contributed by atoms with van der Waals surface area (Å²) in [6, 6.07) is 11.5. The average molecular weight is 273 g/mol. The van der Waals surface area contributed by atoms with Crippen LogP contribution >= 0.6 is 11.8 Å². The summed E-state index contributed by atoms with van der Waals surface area (Å²) in [5, 5.41) is 0.00352. The van der Waals surface area contributed by atoms with Crippen LogP contribution in [0.2, 0.25) is 0 Å². The van der Waals surface area contributed by atoms with E-state index in [1.165, 1.54) is 0 Å². The Morgan fingerprint density at radius 2 is 2.11 bits per heavy atom. The number of carbonyl (C=O) groups excluding carboxylic acids is 1. The maximum Gasteiger partial charge on any atom is 0.255 e. The molecule has 3 rings (SSSR count). The fraction of sp³-hybridized carbons (Fsp3) is 0.267. The third kappa shape index (κ3) is 2.40. The molecular weight excluding hydrogens is 258 g/mol. The summed E-state index contributed by atoms with van der Waals surface area (Å²) in [6.45, 7) is 2.79. The van der Waals surface area contributed by atoms with E-state index in [1.54, 1.807) is 18.0 Å². The first-order chi connectivity index (χ1) is 9.25. The number of thioether (sulfide) groups is 1. The molecular formula is C15H15NO2S. The lowest BCUT2D eigenvalue weighted by atomic mass is 10.1. The monoisotopic (exact) mass is 273 g/mol. The van der Waals surface area contributed by atoms with Gasteiger partial charge in [0.2, 0.25) is 0 Å². The number of hydrogen-bond donors (Lipinski definition) is 0. The van der Waals surface area contributed by atoms with Gasteiger partial charge in [0.15, 0.2) is 0 Å². The Bertz CT molecular complexity index is 562. The zero-order valence-corrected chi connectivity index (χ0v) is 11.5. The summed E-state index contributed by atoms with van der Waals surface area (Å²) in [5.41, 5.74) is 1.90. The van der Waals surface area contributed by atoms with Crippen molar-refractivity contribution >= 4 is 17.7 Å². The van der Waals surface area contributed by atoms with Crippen LogP contribution in [0.4, 0.5) is 0 Å². The minimum absolute atomic E-state index is 0.00352. The van der Waals surface area contributed by atoms with E-state index in [4.69, 9.17) is 4.42 Å². The number of aryl methyl sites for hydroxylation is 1. The molecule has 1 aliphatic heterocycles. The quantitative estimate of drug-likeness (QED) is 0.840. The Balaban J connectivity index is 1.84. The molecule has 0 spiro atoms. The molecule has 1 unspecified atom stereocenters. The van der Waals surface area contributed by atoms with Crippen molar-refractivity contribution in [2.24, 2.45) is 0 Å². The van der Waals surface area contributed by atoms with Crippen LogP contribution in [-0.4, -0.2) is 23.1 Å². The predicted octanol–water partition coefficient (Wildman–Crippen LogP) is 3.48. The minimum Gasteiger partial charge on any atom is -0.466 e. The molecule has 4 heteroatoms. The first-order valence-corrected chi connectivity index (χ1v) is 7.33.